The van der Waals surface area contributed by atoms with Crippen LogP contribution in [0.5, 0.6) is 0 Å². The van der Waals surface area contributed by atoms with E-state index in [1.807, 2.05) is 45.9 Å². The third kappa shape index (κ3) is 5.15. The van der Waals surface area contributed by atoms with Gasteiger partial charge in [0.15, 0.2) is 0 Å². The van der Waals surface area contributed by atoms with Gasteiger partial charge in [0.2, 0.25) is 11.8 Å². The molecule has 1 aromatic carbocycles. The Hall–Kier alpha value is -1.88. The average Bonchev–Trinajstić information content (AvgIpc) is 2.40. The Balaban J connectivity index is 2.83. The number of benzene rings is 1. The molecule has 0 saturated carbocycles. The van der Waals surface area contributed by atoms with Crippen LogP contribution in [-0.4, -0.2) is 29.1 Å². The van der Waals surface area contributed by atoms with Crippen molar-refractivity contribution in [3.05, 3.63) is 34.9 Å². The zero-order chi connectivity index (χ0) is 16.9. The van der Waals surface area contributed by atoms with Crippen LogP contribution in [0.4, 0.5) is 0 Å². The number of rotatable bonds is 7. The molecule has 0 radical (unpaired) electrons. The highest BCUT2D eigenvalue weighted by Gasteiger charge is 2.24. The molecule has 0 aromatic heterocycles. The molecule has 5 heteroatoms. The first kappa shape index (κ1) is 18.2. The molecule has 0 bridgehead atoms. The van der Waals surface area contributed by atoms with Crippen molar-refractivity contribution in [1.82, 2.24) is 5.32 Å². The fourth-order valence-corrected chi connectivity index (χ4v) is 2.42. The molecule has 1 aromatic rings. The number of primary amides is 1. The second-order valence-corrected chi connectivity index (χ2v) is 6.18. The smallest absolute Gasteiger partial charge is 0.249 e. The molecule has 0 unspecified atom stereocenters. The highest BCUT2D eigenvalue weighted by molar-refractivity contribution is 5.88. The van der Waals surface area contributed by atoms with Crippen LogP contribution in [0, 0.1) is 19.8 Å². The fraction of sp³-hybridized carbons (Fsp3) is 0.529. The Bertz CT molecular complexity index is 520. The lowest BCUT2D eigenvalue weighted by Gasteiger charge is -2.20. The Morgan fingerprint density at radius 3 is 2.23 bits per heavy atom. The number of hydrogen-bond donors (Lipinski definition) is 3. The highest BCUT2D eigenvalue weighted by atomic mass is 16.3. The number of nitrogens with one attached hydrogen (secondary N) is 1. The van der Waals surface area contributed by atoms with Gasteiger partial charge in [0.1, 0.15) is 12.1 Å². The maximum atomic E-state index is 12.0. The normalized spacial score (nSPS) is 13.7. The zero-order valence-corrected chi connectivity index (χ0v) is 13.7. The molecule has 2 amide bonds. The van der Waals surface area contributed by atoms with Crippen molar-refractivity contribution in [2.45, 2.75) is 52.7 Å². The van der Waals surface area contributed by atoms with Gasteiger partial charge in [0.05, 0.1) is 0 Å². The van der Waals surface area contributed by atoms with Crippen LogP contribution in [0.2, 0.25) is 0 Å². The van der Waals surface area contributed by atoms with Crippen molar-refractivity contribution in [1.29, 1.82) is 0 Å². The summed E-state index contributed by atoms with van der Waals surface area (Å²) in [6.07, 6.45) is -0.450. The molecular weight excluding hydrogens is 280 g/mol. The van der Waals surface area contributed by atoms with Crippen LogP contribution in [0.15, 0.2) is 18.2 Å². The molecule has 0 spiro atoms. The van der Waals surface area contributed by atoms with Gasteiger partial charge in [0, 0.05) is 6.42 Å². The summed E-state index contributed by atoms with van der Waals surface area (Å²) >= 11 is 0. The Morgan fingerprint density at radius 1 is 1.23 bits per heavy atom. The number of aliphatic hydroxyl groups is 1. The summed E-state index contributed by atoms with van der Waals surface area (Å²) in [6.45, 7) is 7.74. The number of amides is 2. The molecule has 0 heterocycles. The third-order valence-corrected chi connectivity index (χ3v) is 3.71. The first-order valence-electron chi connectivity index (χ1n) is 7.55. The van der Waals surface area contributed by atoms with Gasteiger partial charge in [-0.3, -0.25) is 9.59 Å². The number of aliphatic hydroxyl groups excluding tert-OH is 1. The summed E-state index contributed by atoms with van der Waals surface area (Å²) in [4.78, 5) is 23.6. The van der Waals surface area contributed by atoms with E-state index < -0.39 is 24.0 Å². The van der Waals surface area contributed by atoms with Gasteiger partial charge in [-0.05, 0) is 42.9 Å². The zero-order valence-electron chi connectivity index (χ0n) is 13.7. The maximum absolute atomic E-state index is 12.0. The van der Waals surface area contributed by atoms with Gasteiger partial charge in [-0.1, -0.05) is 32.0 Å². The molecule has 2 atom stereocenters. The first-order chi connectivity index (χ1) is 10.2. The van der Waals surface area contributed by atoms with Crippen LogP contribution in [0.1, 0.15) is 37.0 Å². The van der Waals surface area contributed by atoms with Gasteiger partial charge in [0.25, 0.3) is 0 Å². The van der Waals surface area contributed by atoms with Crippen molar-refractivity contribution in [2.24, 2.45) is 11.7 Å². The highest BCUT2D eigenvalue weighted by Crippen LogP contribution is 2.15. The quantitative estimate of drug-likeness (QED) is 0.707. The van der Waals surface area contributed by atoms with Crippen molar-refractivity contribution in [3.63, 3.8) is 0 Å². The van der Waals surface area contributed by atoms with E-state index in [-0.39, 0.29) is 5.92 Å². The monoisotopic (exact) mass is 306 g/mol. The second kappa shape index (κ2) is 7.94. The van der Waals surface area contributed by atoms with Crippen LogP contribution in [-0.2, 0) is 16.0 Å². The van der Waals surface area contributed by atoms with Gasteiger partial charge in [-0.25, -0.2) is 0 Å². The molecule has 22 heavy (non-hydrogen) atoms. The Kier molecular flexibility index (Phi) is 6.56. The number of carbonyl (C=O) groups is 2. The molecule has 5 nitrogen and oxygen atoms in total. The second-order valence-electron chi connectivity index (χ2n) is 6.18. The Labute approximate surface area is 131 Å². The lowest BCUT2D eigenvalue weighted by atomic mass is 9.96. The van der Waals surface area contributed by atoms with Crippen LogP contribution < -0.4 is 11.1 Å². The standard InChI is InChI=1S/C17H26N2O3/c1-10(2)8-15(20)17(22)19-14(16(18)21)9-13-11(3)6-5-7-12(13)4/h5-7,10,14-15,20H,8-9H2,1-4H3,(H2,18,21)(H,19,22)/t14-,15+/m0/s1. The lowest BCUT2D eigenvalue weighted by molar-refractivity contribution is -0.133. The van der Waals surface area contributed by atoms with E-state index in [2.05, 4.69) is 5.32 Å². The predicted molar refractivity (Wildman–Crippen MR) is 86.2 cm³/mol. The third-order valence-electron chi connectivity index (χ3n) is 3.71. The Morgan fingerprint density at radius 2 is 1.77 bits per heavy atom. The summed E-state index contributed by atoms with van der Waals surface area (Å²) in [5.74, 6) is -0.970. The summed E-state index contributed by atoms with van der Waals surface area (Å²) in [5.41, 5.74) is 8.48. The summed E-state index contributed by atoms with van der Waals surface area (Å²) in [7, 11) is 0. The van der Waals surface area contributed by atoms with Gasteiger partial charge < -0.3 is 16.2 Å². The summed E-state index contributed by atoms with van der Waals surface area (Å²) in [6, 6.07) is 5.03. The van der Waals surface area contributed by atoms with Crippen molar-refractivity contribution in [2.75, 3.05) is 0 Å². The van der Waals surface area contributed by atoms with Gasteiger partial charge in [-0.2, -0.15) is 0 Å². The van der Waals surface area contributed by atoms with Crippen LogP contribution >= 0.6 is 0 Å². The topological polar surface area (TPSA) is 92.4 Å². The molecule has 4 N–H and O–H groups in total. The van der Waals surface area contributed by atoms with E-state index in [0.717, 1.165) is 16.7 Å². The number of aryl methyl sites for hydroxylation is 2. The molecule has 0 aliphatic heterocycles. The first-order valence-corrected chi connectivity index (χ1v) is 7.55. The minimum Gasteiger partial charge on any atom is -0.383 e. The summed E-state index contributed by atoms with van der Waals surface area (Å²) in [5, 5.41) is 12.4. The van der Waals surface area contributed by atoms with Gasteiger partial charge in [-0.15, -0.1) is 0 Å². The molecule has 0 aliphatic rings. The molecule has 0 aliphatic carbocycles. The van der Waals surface area contributed by atoms with E-state index in [9.17, 15) is 14.7 Å². The van der Waals surface area contributed by atoms with Crippen molar-refractivity contribution < 1.29 is 14.7 Å². The van der Waals surface area contributed by atoms with Crippen LogP contribution in [0.25, 0.3) is 0 Å². The largest absolute Gasteiger partial charge is 0.383 e. The predicted octanol–water partition coefficient (Wildman–Crippen LogP) is 1.22. The number of carbonyl (C=O) groups excluding carboxylic acids is 2. The SMILES string of the molecule is Cc1cccc(C)c1C[C@H](NC(=O)[C@H](O)CC(C)C)C(N)=O. The number of nitrogens with two attached hydrogens (primary N) is 1. The average molecular weight is 306 g/mol. The van der Waals surface area contributed by atoms with E-state index in [0.29, 0.717) is 12.8 Å². The number of hydrogen-bond acceptors (Lipinski definition) is 3. The molecule has 0 saturated heterocycles. The lowest BCUT2D eigenvalue weighted by Crippen LogP contribution is -2.49. The summed E-state index contributed by atoms with van der Waals surface area (Å²) < 4.78 is 0. The molecule has 1 rings (SSSR count). The molecule has 122 valence electrons. The van der Waals surface area contributed by atoms with E-state index in [1.54, 1.807) is 0 Å². The fourth-order valence-electron chi connectivity index (χ4n) is 2.42. The van der Waals surface area contributed by atoms with Crippen LogP contribution in [0.3, 0.4) is 0 Å². The van der Waals surface area contributed by atoms with E-state index >= 15 is 0 Å². The van der Waals surface area contributed by atoms with Gasteiger partial charge >= 0.3 is 0 Å². The van der Waals surface area contributed by atoms with E-state index in [1.165, 1.54) is 0 Å². The minimum atomic E-state index is -1.13. The van der Waals surface area contributed by atoms with E-state index in [4.69, 9.17) is 5.73 Å². The van der Waals surface area contributed by atoms with Crippen molar-refractivity contribution >= 4 is 11.8 Å². The molecular formula is C17H26N2O3. The molecule has 0 fully saturated rings. The maximum Gasteiger partial charge on any atom is 0.249 e. The minimum absolute atomic E-state index is 0.186. The van der Waals surface area contributed by atoms with Crippen molar-refractivity contribution in [3.8, 4) is 0 Å².